The highest BCUT2D eigenvalue weighted by molar-refractivity contribution is 8.00. The number of carbonyl (C=O) groups excluding carboxylic acids is 8. The zero-order valence-electron chi connectivity index (χ0n) is 44.0. The summed E-state index contributed by atoms with van der Waals surface area (Å²) < 4.78 is 1.88. The van der Waals surface area contributed by atoms with Crippen molar-refractivity contribution in [1.82, 2.24) is 56.5 Å². The van der Waals surface area contributed by atoms with Crippen molar-refractivity contribution in [2.75, 3.05) is 31.1 Å². The highest BCUT2D eigenvalue weighted by atomic mass is 35.5. The van der Waals surface area contributed by atoms with Crippen molar-refractivity contribution in [3.63, 3.8) is 0 Å². The smallest absolute Gasteiger partial charge is 0.246 e. The molecule has 0 bridgehead atoms. The molecule has 3 aromatic heterocycles. The zero-order chi connectivity index (χ0) is 56.3. The first-order valence-corrected chi connectivity index (χ1v) is 28.5. The molecule has 0 radical (unpaired) electrons. The molecule has 8 rings (SSSR count). The quantitative estimate of drug-likeness (QED) is 0.125. The van der Waals surface area contributed by atoms with Crippen LogP contribution in [0.1, 0.15) is 89.9 Å². The van der Waals surface area contributed by atoms with Crippen molar-refractivity contribution in [3.05, 3.63) is 96.8 Å². The van der Waals surface area contributed by atoms with Crippen molar-refractivity contribution in [3.8, 4) is 5.00 Å². The van der Waals surface area contributed by atoms with Crippen LogP contribution >= 0.6 is 46.0 Å². The van der Waals surface area contributed by atoms with Gasteiger partial charge in [0.2, 0.25) is 47.3 Å². The summed E-state index contributed by atoms with van der Waals surface area (Å²) in [5.41, 5.74) is 11.5. The van der Waals surface area contributed by atoms with Crippen LogP contribution in [-0.4, -0.2) is 150 Å². The van der Waals surface area contributed by atoms with Gasteiger partial charge in [0.15, 0.2) is 5.82 Å². The second-order valence-electron chi connectivity index (χ2n) is 20.7. The van der Waals surface area contributed by atoms with E-state index in [1.807, 2.05) is 49.6 Å². The standard InChI is InChI=1S/C52H62ClN13O9S3/c1-24-26(3)78-51-40(24)41(28-12-14-31(53)15-13-28)59-33(46-64-63-27(4)66(46)51)17-37(68)55-18-34-47(72)60-35(45(54)71)21-76-22-39(70)61-44(52(5,6)7)50(75)65-20-32(67)16-36(65)48(73)62-42(49(74)56-19-38(69)58-34)29-8-10-30(11-9-29)43-25(2)57-23-77-43/h8,10-15,23,29,32-36,42,44,67H,9,16-22H2,1-7H3,(H2,54,71)(H,55,68)(H,56,74)(H,58,69)(H,60,72)(H,61,70)(H,62,73)/t29?,32-,33+,34-,35-,36+,42+,44-/m1/s1. The Bertz CT molecular complexity index is 3130. The van der Waals surface area contributed by atoms with Gasteiger partial charge in [0, 0.05) is 52.2 Å². The Balaban J connectivity index is 1.07. The molecular weight excluding hydrogens is 1080 g/mol. The molecule has 8 atom stereocenters. The highest BCUT2D eigenvalue weighted by Crippen LogP contribution is 2.40. The number of nitrogens with one attached hydrogen (secondary N) is 6. The predicted octanol–water partition coefficient (Wildman–Crippen LogP) is 2.03. The fraction of sp³-hybridized carbons (Fsp3) is 0.462. The number of amides is 8. The van der Waals surface area contributed by atoms with Crippen LogP contribution < -0.4 is 37.6 Å². The molecule has 1 aliphatic carbocycles. The Hall–Kier alpha value is -6.80. The number of thiazole rings is 1. The number of carbonyl (C=O) groups is 8. The van der Waals surface area contributed by atoms with E-state index in [0.717, 1.165) is 54.5 Å². The fourth-order valence-electron chi connectivity index (χ4n) is 9.64. The monoisotopic (exact) mass is 1140 g/mol. The summed E-state index contributed by atoms with van der Waals surface area (Å²) in [4.78, 5) is 125. The number of nitrogens with zero attached hydrogens (tertiary/aromatic N) is 6. The van der Waals surface area contributed by atoms with Gasteiger partial charge in [0.25, 0.3) is 0 Å². The first-order valence-electron chi connectivity index (χ1n) is 25.2. The molecule has 9 N–H and O–H groups in total. The first-order chi connectivity index (χ1) is 37.0. The Kier molecular flexibility index (Phi) is 17.7. The van der Waals surface area contributed by atoms with E-state index < -0.39 is 114 Å². The van der Waals surface area contributed by atoms with Gasteiger partial charge >= 0.3 is 0 Å². The molecule has 414 valence electrons. The van der Waals surface area contributed by atoms with E-state index >= 15 is 0 Å². The first kappa shape index (κ1) is 57.4. The summed E-state index contributed by atoms with van der Waals surface area (Å²) in [5, 5.41) is 37.0. The summed E-state index contributed by atoms with van der Waals surface area (Å²) in [6.45, 7) is 11.4. The van der Waals surface area contributed by atoms with E-state index in [0.29, 0.717) is 22.4 Å². The molecule has 4 aromatic rings. The van der Waals surface area contributed by atoms with E-state index in [1.54, 1.807) is 51.4 Å². The molecule has 26 heteroatoms. The highest BCUT2D eigenvalue weighted by Gasteiger charge is 2.46. The largest absolute Gasteiger partial charge is 0.391 e. The molecule has 22 nitrogen and oxygen atoms in total. The lowest BCUT2D eigenvalue weighted by Gasteiger charge is -2.36. The Morgan fingerprint density at radius 2 is 1.69 bits per heavy atom. The van der Waals surface area contributed by atoms with Gasteiger partial charge in [-0.15, -0.1) is 44.6 Å². The fourth-order valence-corrected chi connectivity index (χ4v) is 12.7. The number of aliphatic hydroxyl groups is 1. The van der Waals surface area contributed by atoms with Gasteiger partial charge in [0.1, 0.15) is 47.1 Å². The number of aliphatic hydroxyl groups excluding tert-OH is 1. The van der Waals surface area contributed by atoms with Crippen LogP contribution in [0.25, 0.3) is 10.6 Å². The number of hydrogen-bond donors (Lipinski definition) is 8. The van der Waals surface area contributed by atoms with Crippen LogP contribution in [0.2, 0.25) is 5.02 Å². The molecule has 0 saturated carbocycles. The third kappa shape index (κ3) is 12.9. The van der Waals surface area contributed by atoms with Crippen molar-refractivity contribution < 1.29 is 43.5 Å². The Morgan fingerprint density at radius 3 is 2.36 bits per heavy atom. The molecule has 78 heavy (non-hydrogen) atoms. The number of thiophene rings is 1. The molecule has 2 saturated heterocycles. The lowest BCUT2D eigenvalue weighted by atomic mass is 9.85. The van der Waals surface area contributed by atoms with Crippen LogP contribution in [-0.2, 0) is 38.4 Å². The number of benzene rings is 1. The van der Waals surface area contributed by atoms with Gasteiger partial charge in [-0.25, -0.2) is 4.98 Å². The second-order valence-corrected chi connectivity index (χ2v) is 24.2. The number of nitrogens with two attached hydrogens (primary N) is 1. The topological polar surface area (TPSA) is 314 Å². The Labute approximate surface area is 467 Å². The van der Waals surface area contributed by atoms with E-state index in [-0.39, 0.29) is 37.3 Å². The number of allylic oxidation sites excluding steroid dienone is 3. The van der Waals surface area contributed by atoms with Crippen LogP contribution in [0.4, 0.5) is 0 Å². The minimum atomic E-state index is -1.57. The molecule has 8 amide bonds. The average molecular weight is 1140 g/mol. The summed E-state index contributed by atoms with van der Waals surface area (Å²) in [7, 11) is 0. The number of hydrogen-bond acceptors (Lipinski definition) is 16. The SMILES string of the molecule is Cc1ncsc1C1=CCC([C@@H]2NC(=O)[C@@H]3C[C@@H](O)CN3C(=O)[C@H](C(C)(C)C)NC(=O)CSC[C@H](C(N)=O)NC(=O)[C@@H](CNC(=O)C[C@@H]3N=C(c4ccc(Cl)cc4)c4c(sc(C)c4C)-n4c(C)nnc43)NC(=O)CNC2=O)C=C1. The maximum Gasteiger partial charge on any atom is 0.246 e. The van der Waals surface area contributed by atoms with Gasteiger partial charge in [-0.3, -0.25) is 47.9 Å². The maximum atomic E-state index is 14.4. The van der Waals surface area contributed by atoms with Gasteiger partial charge in [0.05, 0.1) is 46.6 Å². The predicted molar refractivity (Wildman–Crippen MR) is 296 cm³/mol. The minimum Gasteiger partial charge on any atom is -0.391 e. The minimum absolute atomic E-state index is 0.160. The van der Waals surface area contributed by atoms with Gasteiger partial charge in [-0.05, 0) is 62.8 Å². The zero-order valence-corrected chi connectivity index (χ0v) is 47.2. The summed E-state index contributed by atoms with van der Waals surface area (Å²) >= 11 is 10.2. The second kappa shape index (κ2) is 24.1. The van der Waals surface area contributed by atoms with E-state index in [1.165, 1.54) is 27.6 Å². The number of fused-ring (bicyclic) bond motifs is 4. The molecule has 1 aromatic carbocycles. The molecule has 6 heterocycles. The van der Waals surface area contributed by atoms with Crippen molar-refractivity contribution in [2.24, 2.45) is 22.1 Å². The normalized spacial score (nSPS) is 24.9. The Morgan fingerprint density at radius 1 is 0.949 bits per heavy atom. The molecule has 3 aliphatic heterocycles. The van der Waals surface area contributed by atoms with E-state index in [9.17, 15) is 43.5 Å². The lowest BCUT2D eigenvalue weighted by Crippen LogP contribution is -2.60. The molecule has 1 unspecified atom stereocenters. The lowest BCUT2D eigenvalue weighted by molar-refractivity contribution is -0.144. The van der Waals surface area contributed by atoms with Gasteiger partial charge in [-0.2, -0.15) is 0 Å². The van der Waals surface area contributed by atoms with Crippen molar-refractivity contribution in [1.29, 1.82) is 0 Å². The van der Waals surface area contributed by atoms with Crippen molar-refractivity contribution >= 4 is 105 Å². The van der Waals surface area contributed by atoms with Crippen LogP contribution in [0.3, 0.4) is 0 Å². The summed E-state index contributed by atoms with van der Waals surface area (Å²) in [6.07, 6.45) is 4.20. The van der Waals surface area contributed by atoms with Crippen molar-refractivity contribution in [2.45, 2.75) is 110 Å². The molecule has 4 aliphatic rings. The van der Waals surface area contributed by atoms with E-state index in [4.69, 9.17) is 22.3 Å². The number of primary amides is 1. The third-order valence-corrected chi connectivity index (χ3v) is 17.4. The number of aromatic nitrogens is 4. The van der Waals surface area contributed by atoms with Crippen LogP contribution in [0, 0.1) is 39.0 Å². The molecule has 2 fully saturated rings. The van der Waals surface area contributed by atoms with Crippen LogP contribution in [0.5, 0.6) is 0 Å². The average Bonchev–Trinajstić information content (AvgIpc) is 4.24. The van der Waals surface area contributed by atoms with Gasteiger partial charge < -0.3 is 47.6 Å². The number of rotatable bonds is 8. The number of aliphatic imine (C=N–C) groups is 1. The molecule has 0 spiro atoms. The number of halogens is 1. The number of aryl methyl sites for hydroxylation is 3. The van der Waals surface area contributed by atoms with Gasteiger partial charge in [-0.1, -0.05) is 62.7 Å². The third-order valence-electron chi connectivity index (χ3n) is 13.9. The summed E-state index contributed by atoms with van der Waals surface area (Å²) in [6, 6.07) is -0.431. The summed E-state index contributed by atoms with van der Waals surface area (Å²) in [5.74, 6) is -6.39. The molecular formula is C52H62ClN13O9S3. The van der Waals surface area contributed by atoms with E-state index in [2.05, 4.69) is 47.1 Å². The number of thioether (sulfide) groups is 1. The van der Waals surface area contributed by atoms with Crippen LogP contribution in [0.15, 0.2) is 53.0 Å². The maximum absolute atomic E-state index is 14.4.